The van der Waals surface area contributed by atoms with Crippen molar-refractivity contribution in [2.24, 2.45) is 17.4 Å². The van der Waals surface area contributed by atoms with Crippen molar-refractivity contribution in [2.75, 3.05) is 13.7 Å². The van der Waals surface area contributed by atoms with Crippen molar-refractivity contribution in [1.29, 1.82) is 0 Å². The lowest BCUT2D eigenvalue weighted by molar-refractivity contribution is 0.326. The van der Waals surface area contributed by atoms with E-state index >= 15 is 0 Å². The van der Waals surface area contributed by atoms with Crippen molar-refractivity contribution in [1.82, 2.24) is 0 Å². The Morgan fingerprint density at radius 1 is 1.27 bits per heavy atom. The van der Waals surface area contributed by atoms with Crippen LogP contribution in [0.5, 0.6) is 5.75 Å². The Morgan fingerprint density at radius 3 is 2.13 bits per heavy atom. The normalized spacial score (nSPS) is 15.1. The maximum atomic E-state index is 6.29. The highest BCUT2D eigenvalue weighted by Crippen LogP contribution is 2.27. The highest BCUT2D eigenvalue weighted by atomic mass is 16.5. The predicted molar refractivity (Wildman–Crippen MR) is 62.8 cm³/mol. The van der Waals surface area contributed by atoms with Gasteiger partial charge in [0.25, 0.3) is 0 Å². The molecule has 0 saturated heterocycles. The van der Waals surface area contributed by atoms with Gasteiger partial charge in [0.1, 0.15) is 5.75 Å². The van der Waals surface area contributed by atoms with E-state index in [0.717, 1.165) is 11.3 Å². The Kier molecular flexibility index (Phi) is 3.72. The van der Waals surface area contributed by atoms with Gasteiger partial charge in [-0.25, -0.2) is 0 Å². The SMILES string of the molecule is COc1ccc(C(N)(CN)C(C)C)cc1. The second kappa shape index (κ2) is 4.64. The van der Waals surface area contributed by atoms with E-state index in [4.69, 9.17) is 16.2 Å². The molecule has 1 aromatic carbocycles. The first-order chi connectivity index (χ1) is 7.04. The average Bonchev–Trinajstić information content (AvgIpc) is 2.28. The van der Waals surface area contributed by atoms with Crippen LogP contribution in [0.4, 0.5) is 0 Å². The third kappa shape index (κ3) is 2.30. The Hall–Kier alpha value is -1.06. The molecule has 0 aliphatic rings. The van der Waals surface area contributed by atoms with Gasteiger partial charge in [-0.15, -0.1) is 0 Å². The van der Waals surface area contributed by atoms with E-state index in [9.17, 15) is 0 Å². The highest BCUT2D eigenvalue weighted by molar-refractivity contribution is 5.32. The molecule has 84 valence electrons. The molecule has 3 nitrogen and oxygen atoms in total. The fourth-order valence-electron chi connectivity index (χ4n) is 1.59. The van der Waals surface area contributed by atoms with E-state index < -0.39 is 5.54 Å². The summed E-state index contributed by atoms with van der Waals surface area (Å²) in [6, 6.07) is 7.78. The van der Waals surface area contributed by atoms with Gasteiger partial charge < -0.3 is 16.2 Å². The summed E-state index contributed by atoms with van der Waals surface area (Å²) in [5.74, 6) is 1.14. The summed E-state index contributed by atoms with van der Waals surface area (Å²) in [5, 5.41) is 0. The van der Waals surface area contributed by atoms with Gasteiger partial charge in [-0.1, -0.05) is 26.0 Å². The molecule has 1 unspecified atom stereocenters. The molecule has 0 aliphatic carbocycles. The number of hydrogen-bond donors (Lipinski definition) is 2. The Morgan fingerprint density at radius 2 is 1.80 bits per heavy atom. The van der Waals surface area contributed by atoms with Crippen molar-refractivity contribution in [3.63, 3.8) is 0 Å². The minimum absolute atomic E-state index is 0.302. The molecule has 0 radical (unpaired) electrons. The number of ether oxygens (including phenoxy) is 1. The van der Waals surface area contributed by atoms with Crippen molar-refractivity contribution >= 4 is 0 Å². The summed E-state index contributed by atoms with van der Waals surface area (Å²) in [6.45, 7) is 4.60. The van der Waals surface area contributed by atoms with Crippen LogP contribution in [0.2, 0.25) is 0 Å². The standard InChI is InChI=1S/C12H20N2O/c1-9(2)12(14,8-13)10-4-6-11(15-3)7-5-10/h4-7,9H,8,13-14H2,1-3H3. The van der Waals surface area contributed by atoms with E-state index in [1.54, 1.807) is 7.11 Å². The molecule has 0 aliphatic heterocycles. The van der Waals surface area contributed by atoms with Crippen LogP contribution >= 0.6 is 0 Å². The van der Waals surface area contributed by atoms with Crippen LogP contribution in [0.1, 0.15) is 19.4 Å². The van der Waals surface area contributed by atoms with Gasteiger partial charge in [-0.05, 0) is 23.6 Å². The van der Waals surface area contributed by atoms with Gasteiger partial charge in [0, 0.05) is 6.54 Å². The van der Waals surface area contributed by atoms with Gasteiger partial charge >= 0.3 is 0 Å². The molecule has 0 heterocycles. The minimum Gasteiger partial charge on any atom is -0.497 e. The molecular weight excluding hydrogens is 188 g/mol. The van der Waals surface area contributed by atoms with Crippen LogP contribution in [0.3, 0.4) is 0 Å². The summed E-state index contributed by atoms with van der Waals surface area (Å²) in [7, 11) is 1.65. The molecular formula is C12H20N2O. The molecule has 0 amide bonds. The van der Waals surface area contributed by atoms with Gasteiger partial charge in [0.15, 0.2) is 0 Å². The van der Waals surface area contributed by atoms with Crippen molar-refractivity contribution in [3.05, 3.63) is 29.8 Å². The first-order valence-corrected chi connectivity index (χ1v) is 5.18. The first-order valence-electron chi connectivity index (χ1n) is 5.18. The molecule has 15 heavy (non-hydrogen) atoms. The molecule has 0 spiro atoms. The lowest BCUT2D eigenvalue weighted by atomic mass is 9.81. The highest BCUT2D eigenvalue weighted by Gasteiger charge is 2.29. The largest absolute Gasteiger partial charge is 0.497 e. The van der Waals surface area contributed by atoms with Crippen LogP contribution in [-0.4, -0.2) is 13.7 Å². The van der Waals surface area contributed by atoms with E-state index in [0.29, 0.717) is 12.5 Å². The Bertz CT molecular complexity index is 308. The zero-order valence-electron chi connectivity index (χ0n) is 9.66. The van der Waals surface area contributed by atoms with Gasteiger partial charge in [-0.2, -0.15) is 0 Å². The lowest BCUT2D eigenvalue weighted by Crippen LogP contribution is -2.48. The number of methoxy groups -OCH3 is 1. The topological polar surface area (TPSA) is 61.3 Å². The van der Waals surface area contributed by atoms with E-state index in [-0.39, 0.29) is 0 Å². The molecule has 0 fully saturated rings. The molecule has 3 heteroatoms. The third-order valence-corrected chi connectivity index (χ3v) is 3.00. The van der Waals surface area contributed by atoms with E-state index in [1.165, 1.54) is 0 Å². The van der Waals surface area contributed by atoms with Crippen LogP contribution in [0.15, 0.2) is 24.3 Å². The number of nitrogens with two attached hydrogens (primary N) is 2. The maximum Gasteiger partial charge on any atom is 0.118 e. The zero-order valence-corrected chi connectivity index (χ0v) is 9.66. The third-order valence-electron chi connectivity index (χ3n) is 3.00. The first kappa shape index (κ1) is 12.0. The van der Waals surface area contributed by atoms with Crippen molar-refractivity contribution < 1.29 is 4.74 Å². The molecule has 1 rings (SSSR count). The average molecular weight is 208 g/mol. The van der Waals surface area contributed by atoms with Crippen LogP contribution in [0.25, 0.3) is 0 Å². The molecule has 4 N–H and O–H groups in total. The molecule has 0 aromatic heterocycles. The van der Waals surface area contributed by atoms with Gasteiger partial charge in [-0.3, -0.25) is 0 Å². The number of rotatable bonds is 4. The minimum atomic E-state index is -0.452. The molecule has 1 aromatic rings. The number of hydrogen-bond acceptors (Lipinski definition) is 3. The zero-order chi connectivity index (χ0) is 11.5. The van der Waals surface area contributed by atoms with Crippen LogP contribution < -0.4 is 16.2 Å². The Labute approximate surface area is 91.4 Å². The summed E-state index contributed by atoms with van der Waals surface area (Å²) in [4.78, 5) is 0. The lowest BCUT2D eigenvalue weighted by Gasteiger charge is -2.32. The summed E-state index contributed by atoms with van der Waals surface area (Å²) >= 11 is 0. The van der Waals surface area contributed by atoms with Gasteiger partial charge in [0.05, 0.1) is 12.6 Å². The summed E-state index contributed by atoms with van der Waals surface area (Å²) in [6.07, 6.45) is 0. The second-order valence-electron chi connectivity index (χ2n) is 4.13. The monoisotopic (exact) mass is 208 g/mol. The molecule has 0 saturated carbocycles. The van der Waals surface area contributed by atoms with E-state index in [2.05, 4.69) is 13.8 Å². The fraction of sp³-hybridized carbons (Fsp3) is 0.500. The quantitative estimate of drug-likeness (QED) is 0.787. The fourth-order valence-corrected chi connectivity index (χ4v) is 1.59. The van der Waals surface area contributed by atoms with Crippen molar-refractivity contribution in [2.45, 2.75) is 19.4 Å². The molecule has 1 atom stereocenters. The Balaban J connectivity index is 3.03. The smallest absolute Gasteiger partial charge is 0.118 e. The second-order valence-corrected chi connectivity index (χ2v) is 4.13. The molecule has 0 bridgehead atoms. The predicted octanol–water partition coefficient (Wildman–Crippen LogP) is 1.46. The van der Waals surface area contributed by atoms with E-state index in [1.807, 2.05) is 24.3 Å². The van der Waals surface area contributed by atoms with Crippen molar-refractivity contribution in [3.8, 4) is 5.75 Å². The van der Waals surface area contributed by atoms with Crippen LogP contribution in [0, 0.1) is 5.92 Å². The maximum absolute atomic E-state index is 6.29. The summed E-state index contributed by atoms with van der Waals surface area (Å²) < 4.78 is 5.10. The van der Waals surface area contributed by atoms with Crippen LogP contribution in [-0.2, 0) is 5.54 Å². The number of benzene rings is 1. The van der Waals surface area contributed by atoms with Gasteiger partial charge in [0.2, 0.25) is 0 Å². The summed E-state index contributed by atoms with van der Waals surface area (Å²) in [5.41, 5.74) is 12.6.